The first kappa shape index (κ1) is 12.4. The number of carbonyl (C=O) groups is 1. The highest BCUT2D eigenvalue weighted by Gasteiger charge is 2.34. The van der Waals surface area contributed by atoms with E-state index in [-0.39, 0.29) is 11.9 Å². The molecule has 0 aromatic carbocycles. The average molecular weight is 257 g/mol. The van der Waals surface area contributed by atoms with Crippen LogP contribution < -0.4 is 10.6 Å². The minimum atomic E-state index is -0.223. The molecule has 3 unspecified atom stereocenters. The number of pyridine rings is 1. The predicted octanol–water partition coefficient (Wildman–Crippen LogP) is 1.49. The second-order valence-corrected chi connectivity index (χ2v) is 5.30. The van der Waals surface area contributed by atoms with Gasteiger partial charge in [0, 0.05) is 24.5 Å². The first-order chi connectivity index (χ1) is 9.33. The normalized spacial score (nSPS) is 30.9. The molecule has 1 aliphatic carbocycles. The van der Waals surface area contributed by atoms with Crippen LogP contribution in [-0.4, -0.2) is 29.0 Å². The van der Waals surface area contributed by atoms with E-state index >= 15 is 0 Å². The quantitative estimate of drug-likeness (QED) is 0.844. The van der Waals surface area contributed by atoms with Crippen LogP contribution in [0.25, 0.3) is 6.08 Å². The molecule has 1 amide bonds. The number of nitrogens with one attached hydrogen (secondary N) is 2. The average Bonchev–Trinajstić information content (AvgIpc) is 2.46. The van der Waals surface area contributed by atoms with Gasteiger partial charge in [-0.25, -0.2) is 0 Å². The van der Waals surface area contributed by atoms with E-state index in [1.54, 1.807) is 12.4 Å². The largest absolute Gasteiger partial charge is 0.350 e. The minimum Gasteiger partial charge on any atom is -0.350 e. The number of piperazine rings is 1. The highest BCUT2D eigenvalue weighted by molar-refractivity contribution is 5.86. The summed E-state index contributed by atoms with van der Waals surface area (Å²) in [7, 11) is 0. The second kappa shape index (κ2) is 5.53. The first-order valence-corrected chi connectivity index (χ1v) is 6.97. The van der Waals surface area contributed by atoms with Gasteiger partial charge in [0.05, 0.1) is 0 Å². The SMILES string of the molecule is O=C1NC2CCCCC2NC1/C=C/c1cccnc1. The highest BCUT2D eigenvalue weighted by atomic mass is 16.2. The molecule has 19 heavy (non-hydrogen) atoms. The smallest absolute Gasteiger partial charge is 0.241 e. The molecule has 4 heteroatoms. The molecule has 3 rings (SSSR count). The van der Waals surface area contributed by atoms with Gasteiger partial charge < -0.3 is 5.32 Å². The zero-order valence-electron chi connectivity index (χ0n) is 10.9. The number of amides is 1. The standard InChI is InChI=1S/C15H19N3O/c19-15-14(8-7-11-4-3-9-16-10-11)17-12-5-1-2-6-13(12)18-15/h3-4,7-10,12-14,17H,1-2,5-6H2,(H,18,19)/b8-7+. The first-order valence-electron chi connectivity index (χ1n) is 6.97. The maximum atomic E-state index is 12.0. The molecule has 100 valence electrons. The Labute approximate surface area is 113 Å². The van der Waals surface area contributed by atoms with Crippen molar-refractivity contribution >= 4 is 12.0 Å². The van der Waals surface area contributed by atoms with E-state index in [2.05, 4.69) is 15.6 Å². The van der Waals surface area contributed by atoms with E-state index in [0.717, 1.165) is 18.4 Å². The summed E-state index contributed by atoms with van der Waals surface area (Å²) in [4.78, 5) is 16.1. The summed E-state index contributed by atoms with van der Waals surface area (Å²) >= 11 is 0. The molecule has 1 aromatic rings. The molecule has 2 fully saturated rings. The molecule has 2 aliphatic rings. The Hall–Kier alpha value is -1.68. The lowest BCUT2D eigenvalue weighted by atomic mass is 9.87. The van der Waals surface area contributed by atoms with Gasteiger partial charge in [-0.3, -0.25) is 15.1 Å². The van der Waals surface area contributed by atoms with Crippen molar-refractivity contribution in [2.24, 2.45) is 0 Å². The summed E-state index contributed by atoms with van der Waals surface area (Å²) < 4.78 is 0. The van der Waals surface area contributed by atoms with Crippen molar-refractivity contribution in [2.45, 2.75) is 43.8 Å². The van der Waals surface area contributed by atoms with Gasteiger partial charge in [0.1, 0.15) is 6.04 Å². The third kappa shape index (κ3) is 2.84. The number of fused-ring (bicyclic) bond motifs is 1. The fraction of sp³-hybridized carbons (Fsp3) is 0.467. The van der Waals surface area contributed by atoms with Crippen LogP contribution in [0.5, 0.6) is 0 Å². The van der Waals surface area contributed by atoms with Crippen molar-refractivity contribution in [3.8, 4) is 0 Å². The van der Waals surface area contributed by atoms with Crippen LogP contribution in [0.4, 0.5) is 0 Å². The van der Waals surface area contributed by atoms with Gasteiger partial charge in [-0.15, -0.1) is 0 Å². The molecule has 1 saturated heterocycles. The van der Waals surface area contributed by atoms with E-state index < -0.39 is 0 Å². The van der Waals surface area contributed by atoms with Crippen LogP contribution in [0.15, 0.2) is 30.6 Å². The lowest BCUT2D eigenvalue weighted by Crippen LogP contribution is -2.64. The topological polar surface area (TPSA) is 54.0 Å². The lowest BCUT2D eigenvalue weighted by molar-refractivity contribution is -0.125. The number of nitrogens with zero attached hydrogens (tertiary/aromatic N) is 1. The zero-order valence-corrected chi connectivity index (χ0v) is 10.9. The second-order valence-electron chi connectivity index (χ2n) is 5.30. The molecule has 1 aliphatic heterocycles. The predicted molar refractivity (Wildman–Crippen MR) is 74.4 cm³/mol. The van der Waals surface area contributed by atoms with Gasteiger partial charge in [-0.05, 0) is 24.5 Å². The Kier molecular flexibility index (Phi) is 3.60. The van der Waals surface area contributed by atoms with Gasteiger partial charge in [0.15, 0.2) is 0 Å². The van der Waals surface area contributed by atoms with Gasteiger partial charge in [-0.2, -0.15) is 0 Å². The molecule has 0 spiro atoms. The molecule has 1 saturated carbocycles. The summed E-state index contributed by atoms with van der Waals surface area (Å²) in [5.41, 5.74) is 1.02. The Bertz CT molecular complexity index is 472. The molecule has 1 aromatic heterocycles. The molecule has 2 N–H and O–H groups in total. The van der Waals surface area contributed by atoms with E-state index in [9.17, 15) is 4.79 Å². The van der Waals surface area contributed by atoms with Crippen LogP contribution in [0.2, 0.25) is 0 Å². The molecule has 0 bridgehead atoms. The molecule has 2 heterocycles. The molecule has 3 atom stereocenters. The Morgan fingerprint density at radius 3 is 2.89 bits per heavy atom. The van der Waals surface area contributed by atoms with Gasteiger partial charge in [-0.1, -0.05) is 31.1 Å². The summed E-state index contributed by atoms with van der Waals surface area (Å²) in [5.74, 6) is 0.0864. The molecule has 0 radical (unpaired) electrons. The van der Waals surface area contributed by atoms with Crippen LogP contribution in [0.1, 0.15) is 31.2 Å². The monoisotopic (exact) mass is 257 g/mol. The Morgan fingerprint density at radius 1 is 1.26 bits per heavy atom. The highest BCUT2D eigenvalue weighted by Crippen LogP contribution is 2.22. The minimum absolute atomic E-state index is 0.0864. The maximum absolute atomic E-state index is 12.0. The fourth-order valence-electron chi connectivity index (χ4n) is 2.91. The Balaban J connectivity index is 1.67. The van der Waals surface area contributed by atoms with Crippen LogP contribution in [-0.2, 0) is 4.79 Å². The van der Waals surface area contributed by atoms with E-state index in [1.807, 2.05) is 24.3 Å². The summed E-state index contributed by atoms with van der Waals surface area (Å²) in [5, 5.41) is 6.59. The zero-order chi connectivity index (χ0) is 13.1. The van der Waals surface area contributed by atoms with Gasteiger partial charge in [0.25, 0.3) is 0 Å². The lowest BCUT2D eigenvalue weighted by Gasteiger charge is -2.39. The van der Waals surface area contributed by atoms with Crippen molar-refractivity contribution in [3.63, 3.8) is 0 Å². The van der Waals surface area contributed by atoms with Crippen molar-refractivity contribution in [3.05, 3.63) is 36.2 Å². The van der Waals surface area contributed by atoms with Crippen LogP contribution in [0, 0.1) is 0 Å². The van der Waals surface area contributed by atoms with Crippen molar-refractivity contribution in [1.29, 1.82) is 0 Å². The number of rotatable bonds is 2. The third-order valence-electron chi connectivity index (χ3n) is 3.94. The third-order valence-corrected chi connectivity index (χ3v) is 3.94. The van der Waals surface area contributed by atoms with Crippen LogP contribution >= 0.6 is 0 Å². The summed E-state index contributed by atoms with van der Waals surface area (Å²) in [6.45, 7) is 0. The molecular formula is C15H19N3O. The van der Waals surface area contributed by atoms with Gasteiger partial charge in [0.2, 0.25) is 5.91 Å². The number of hydrogen-bond donors (Lipinski definition) is 2. The van der Waals surface area contributed by atoms with Crippen molar-refractivity contribution < 1.29 is 4.79 Å². The number of carbonyl (C=O) groups excluding carboxylic acids is 1. The molecule has 4 nitrogen and oxygen atoms in total. The van der Waals surface area contributed by atoms with E-state index in [0.29, 0.717) is 12.1 Å². The van der Waals surface area contributed by atoms with E-state index in [4.69, 9.17) is 0 Å². The summed E-state index contributed by atoms with van der Waals surface area (Å²) in [6.07, 6.45) is 12.1. The molecular weight excluding hydrogens is 238 g/mol. The number of aromatic nitrogens is 1. The number of hydrogen-bond acceptors (Lipinski definition) is 3. The van der Waals surface area contributed by atoms with Crippen LogP contribution in [0.3, 0.4) is 0 Å². The Morgan fingerprint density at radius 2 is 2.11 bits per heavy atom. The fourth-order valence-corrected chi connectivity index (χ4v) is 2.91. The van der Waals surface area contributed by atoms with Crippen molar-refractivity contribution in [2.75, 3.05) is 0 Å². The van der Waals surface area contributed by atoms with Crippen molar-refractivity contribution in [1.82, 2.24) is 15.6 Å². The maximum Gasteiger partial charge on any atom is 0.241 e. The van der Waals surface area contributed by atoms with Gasteiger partial charge >= 0.3 is 0 Å². The summed E-state index contributed by atoms with van der Waals surface area (Å²) in [6, 6.07) is 4.40. The van der Waals surface area contributed by atoms with E-state index in [1.165, 1.54) is 12.8 Å².